The van der Waals surface area contributed by atoms with Gasteiger partial charge in [-0.1, -0.05) is 5.16 Å². The summed E-state index contributed by atoms with van der Waals surface area (Å²) in [7, 11) is 0. The van der Waals surface area contributed by atoms with E-state index in [0.717, 1.165) is 11.1 Å². The van der Waals surface area contributed by atoms with Crippen molar-refractivity contribution in [1.29, 1.82) is 0 Å². The van der Waals surface area contributed by atoms with E-state index in [1.54, 1.807) is 12.4 Å². The molecule has 0 aliphatic carbocycles. The van der Waals surface area contributed by atoms with Gasteiger partial charge in [0.15, 0.2) is 5.76 Å². The summed E-state index contributed by atoms with van der Waals surface area (Å²) in [5, 5.41) is 11.0. The molecule has 2 heterocycles. The number of hydrogen-bond acceptors (Lipinski definition) is 5. The number of rotatable bonds is 1. The van der Waals surface area contributed by atoms with Crippen LogP contribution in [-0.2, 0) is 0 Å². The molecule has 5 nitrogen and oxygen atoms in total. The highest BCUT2D eigenvalue weighted by Crippen LogP contribution is 2.26. The number of aromatic nitrogens is 3. The summed E-state index contributed by atoms with van der Waals surface area (Å²) >= 11 is 0. The fourth-order valence-electron chi connectivity index (χ4n) is 1.07. The molecule has 2 rings (SSSR count). The zero-order chi connectivity index (χ0) is 9.26. The maximum absolute atomic E-state index is 5.69. The molecule has 5 heteroatoms. The second-order valence-electron chi connectivity index (χ2n) is 2.70. The molecule has 0 unspecified atom stereocenters. The van der Waals surface area contributed by atoms with E-state index in [4.69, 9.17) is 10.3 Å². The standard InChI is InChI=1S/C8H8N4O/c1-5-2-12-13-8(5)6-3-10-11-4-7(6)9/h2-4H,1H3,(H2,9,10). The van der Waals surface area contributed by atoms with Crippen LogP contribution >= 0.6 is 0 Å². The van der Waals surface area contributed by atoms with Gasteiger partial charge in [0, 0.05) is 5.56 Å². The maximum Gasteiger partial charge on any atom is 0.173 e. The van der Waals surface area contributed by atoms with Gasteiger partial charge in [0.1, 0.15) is 0 Å². The molecule has 2 N–H and O–H groups in total. The summed E-state index contributed by atoms with van der Waals surface area (Å²) in [5.74, 6) is 0.646. The summed E-state index contributed by atoms with van der Waals surface area (Å²) in [4.78, 5) is 0. The van der Waals surface area contributed by atoms with Crippen molar-refractivity contribution in [3.8, 4) is 11.3 Å². The molecule has 0 amide bonds. The molecule has 0 bridgehead atoms. The van der Waals surface area contributed by atoms with Crippen LogP contribution in [0.5, 0.6) is 0 Å². The molecule has 0 fully saturated rings. The van der Waals surface area contributed by atoms with Crippen LogP contribution in [0.2, 0.25) is 0 Å². The van der Waals surface area contributed by atoms with Crippen LogP contribution in [-0.4, -0.2) is 15.4 Å². The molecule has 2 aromatic heterocycles. The van der Waals surface area contributed by atoms with Crippen molar-refractivity contribution in [2.45, 2.75) is 6.92 Å². The lowest BCUT2D eigenvalue weighted by molar-refractivity contribution is 0.432. The highest BCUT2D eigenvalue weighted by molar-refractivity contribution is 5.72. The molecule has 0 saturated heterocycles. The van der Waals surface area contributed by atoms with E-state index in [2.05, 4.69) is 15.4 Å². The van der Waals surface area contributed by atoms with Crippen LogP contribution in [0.15, 0.2) is 23.1 Å². The van der Waals surface area contributed by atoms with E-state index in [0.29, 0.717) is 11.4 Å². The number of nitrogen functional groups attached to an aromatic ring is 1. The Morgan fingerprint density at radius 1 is 1.23 bits per heavy atom. The lowest BCUT2D eigenvalue weighted by Crippen LogP contribution is -1.92. The first-order chi connectivity index (χ1) is 6.29. The Hall–Kier alpha value is -1.91. The predicted octanol–water partition coefficient (Wildman–Crippen LogP) is 1.02. The van der Waals surface area contributed by atoms with Crippen LogP contribution in [0.4, 0.5) is 5.69 Å². The van der Waals surface area contributed by atoms with Crippen molar-refractivity contribution in [3.63, 3.8) is 0 Å². The Morgan fingerprint density at radius 3 is 2.62 bits per heavy atom. The van der Waals surface area contributed by atoms with E-state index >= 15 is 0 Å². The summed E-state index contributed by atoms with van der Waals surface area (Å²) in [5.41, 5.74) is 7.88. The van der Waals surface area contributed by atoms with Gasteiger partial charge >= 0.3 is 0 Å². The molecule has 0 aliphatic heterocycles. The third-order valence-corrected chi connectivity index (χ3v) is 1.75. The lowest BCUT2D eigenvalue weighted by atomic mass is 10.1. The summed E-state index contributed by atoms with van der Waals surface area (Å²) in [6.45, 7) is 1.89. The van der Waals surface area contributed by atoms with Crippen LogP contribution < -0.4 is 5.73 Å². The molecule has 13 heavy (non-hydrogen) atoms. The Morgan fingerprint density at radius 2 is 2.00 bits per heavy atom. The number of nitrogens with zero attached hydrogens (tertiary/aromatic N) is 3. The van der Waals surface area contributed by atoms with Crippen LogP contribution in [0, 0.1) is 6.92 Å². The van der Waals surface area contributed by atoms with Gasteiger partial charge in [0.05, 0.1) is 29.8 Å². The first-order valence-electron chi connectivity index (χ1n) is 3.77. The average molecular weight is 176 g/mol. The monoisotopic (exact) mass is 176 g/mol. The van der Waals surface area contributed by atoms with E-state index in [1.165, 1.54) is 6.20 Å². The maximum atomic E-state index is 5.69. The summed E-state index contributed by atoms with van der Waals surface area (Å²) < 4.78 is 5.03. The Labute approximate surface area is 74.6 Å². The number of hydrogen-bond donors (Lipinski definition) is 1. The zero-order valence-electron chi connectivity index (χ0n) is 7.06. The van der Waals surface area contributed by atoms with Crippen LogP contribution in [0.1, 0.15) is 5.56 Å². The van der Waals surface area contributed by atoms with Crippen molar-refractivity contribution in [2.75, 3.05) is 5.73 Å². The largest absolute Gasteiger partial charge is 0.397 e. The lowest BCUT2D eigenvalue weighted by Gasteiger charge is -1.99. The van der Waals surface area contributed by atoms with Crippen LogP contribution in [0.25, 0.3) is 11.3 Å². The Bertz CT molecular complexity index is 424. The SMILES string of the molecule is Cc1cnoc1-c1cnncc1N. The molecule has 66 valence electrons. The smallest absolute Gasteiger partial charge is 0.173 e. The topological polar surface area (TPSA) is 77.8 Å². The minimum atomic E-state index is 0.537. The molecule has 0 atom stereocenters. The normalized spacial score (nSPS) is 10.2. The predicted molar refractivity (Wildman–Crippen MR) is 46.7 cm³/mol. The highest BCUT2D eigenvalue weighted by Gasteiger charge is 2.10. The highest BCUT2D eigenvalue weighted by atomic mass is 16.5. The van der Waals surface area contributed by atoms with Gasteiger partial charge in [-0.2, -0.15) is 10.2 Å². The van der Waals surface area contributed by atoms with Crippen molar-refractivity contribution in [3.05, 3.63) is 24.2 Å². The third-order valence-electron chi connectivity index (χ3n) is 1.75. The summed E-state index contributed by atoms with van der Waals surface area (Å²) in [6, 6.07) is 0. The van der Waals surface area contributed by atoms with E-state index in [9.17, 15) is 0 Å². The van der Waals surface area contributed by atoms with Crippen molar-refractivity contribution >= 4 is 5.69 Å². The fraction of sp³-hybridized carbons (Fsp3) is 0.125. The van der Waals surface area contributed by atoms with Gasteiger partial charge in [-0.25, -0.2) is 0 Å². The minimum absolute atomic E-state index is 0.537. The fourth-order valence-corrected chi connectivity index (χ4v) is 1.07. The zero-order valence-corrected chi connectivity index (χ0v) is 7.06. The van der Waals surface area contributed by atoms with Crippen LogP contribution in [0.3, 0.4) is 0 Å². The van der Waals surface area contributed by atoms with Gasteiger partial charge in [-0.05, 0) is 6.92 Å². The average Bonchev–Trinajstić information content (AvgIpc) is 2.52. The third kappa shape index (κ3) is 1.24. The number of anilines is 1. The second-order valence-corrected chi connectivity index (χ2v) is 2.70. The van der Waals surface area contributed by atoms with E-state index in [-0.39, 0.29) is 0 Å². The van der Waals surface area contributed by atoms with Gasteiger partial charge in [-0.15, -0.1) is 0 Å². The Kier molecular flexibility index (Phi) is 1.70. The molecule has 0 aliphatic rings. The molecular weight excluding hydrogens is 168 g/mol. The Balaban J connectivity index is 2.59. The van der Waals surface area contributed by atoms with Gasteiger partial charge in [0.2, 0.25) is 0 Å². The van der Waals surface area contributed by atoms with Gasteiger partial charge in [-0.3, -0.25) is 0 Å². The van der Waals surface area contributed by atoms with Crippen molar-refractivity contribution in [2.24, 2.45) is 0 Å². The first-order valence-corrected chi connectivity index (χ1v) is 3.77. The first kappa shape index (κ1) is 7.72. The molecular formula is C8H8N4O. The number of nitrogens with two attached hydrogens (primary N) is 1. The van der Waals surface area contributed by atoms with Gasteiger partial charge < -0.3 is 10.3 Å². The molecule has 0 aromatic carbocycles. The van der Waals surface area contributed by atoms with Crippen molar-refractivity contribution < 1.29 is 4.52 Å². The quantitative estimate of drug-likeness (QED) is 0.701. The number of aryl methyl sites for hydroxylation is 1. The summed E-state index contributed by atoms with van der Waals surface area (Å²) in [6.07, 6.45) is 4.68. The molecule has 2 aromatic rings. The van der Waals surface area contributed by atoms with Gasteiger partial charge in [0.25, 0.3) is 0 Å². The minimum Gasteiger partial charge on any atom is -0.397 e. The molecule has 0 spiro atoms. The van der Waals surface area contributed by atoms with E-state index < -0.39 is 0 Å². The second kappa shape index (κ2) is 2.85. The van der Waals surface area contributed by atoms with Crippen molar-refractivity contribution in [1.82, 2.24) is 15.4 Å². The molecule has 0 radical (unpaired) electrons. The molecule has 0 saturated carbocycles. The van der Waals surface area contributed by atoms with E-state index in [1.807, 2.05) is 6.92 Å².